The van der Waals surface area contributed by atoms with Crippen LogP contribution in [-0.4, -0.2) is 45.6 Å². The number of aliphatic hydroxyl groups is 2. The van der Waals surface area contributed by atoms with E-state index < -0.39 is 7.26 Å². The molecule has 0 radical (unpaired) electrons. The number of hydrogen-bond donors (Lipinski definition) is 2. The van der Waals surface area contributed by atoms with Crippen LogP contribution in [0.15, 0.2) is 0 Å². The second-order valence-electron chi connectivity index (χ2n) is 15.3. The molecule has 0 bridgehead atoms. The zero-order valence-corrected chi connectivity index (χ0v) is 27.4. The summed E-state index contributed by atoms with van der Waals surface area (Å²) in [6.45, 7) is 4.22. The van der Waals surface area contributed by atoms with Crippen LogP contribution in [0.2, 0.25) is 0 Å². The van der Waals surface area contributed by atoms with Crippen molar-refractivity contribution in [1.29, 1.82) is 0 Å². The van der Waals surface area contributed by atoms with Crippen LogP contribution in [0.5, 0.6) is 0 Å². The molecule has 2 nitrogen and oxygen atoms in total. The SMILES string of the molecule is CC1C(O)CC(CCCCCCCCCC[PH](C2CCCCC2)(C2CCCCC2)C2CCCCC2)C(O)C1C. The average Bonchev–Trinajstić information content (AvgIpc) is 2.99. The Balaban J connectivity index is 1.18. The van der Waals surface area contributed by atoms with Crippen molar-refractivity contribution in [3.05, 3.63) is 0 Å². The first kappa shape index (κ1) is 32.3. The topological polar surface area (TPSA) is 40.5 Å². The Bertz CT molecular complexity index is 603. The summed E-state index contributed by atoms with van der Waals surface area (Å²) in [7, 11) is -1.25. The van der Waals surface area contributed by atoms with E-state index in [1.165, 1.54) is 81.2 Å². The fourth-order valence-corrected chi connectivity index (χ4v) is 19.0. The molecule has 4 aliphatic rings. The zero-order chi connectivity index (χ0) is 27.5. The average molecular weight is 565 g/mol. The summed E-state index contributed by atoms with van der Waals surface area (Å²) in [6.07, 6.45) is 38.1. The molecule has 0 heterocycles. The molecule has 5 atom stereocenters. The molecule has 0 aromatic carbocycles. The van der Waals surface area contributed by atoms with E-state index >= 15 is 0 Å². The summed E-state index contributed by atoms with van der Waals surface area (Å²) in [5.41, 5.74) is 3.56. The smallest absolute Gasteiger partial charge is 0.393 e. The molecular weight excluding hydrogens is 495 g/mol. The fraction of sp³-hybridized carbons (Fsp3) is 1.00. The maximum atomic E-state index is 10.6. The van der Waals surface area contributed by atoms with E-state index in [1.807, 2.05) is 0 Å². The second kappa shape index (κ2) is 16.8. The minimum Gasteiger partial charge on any atom is -0.393 e. The monoisotopic (exact) mass is 565 g/mol. The Morgan fingerprint density at radius 3 is 1.38 bits per heavy atom. The van der Waals surface area contributed by atoms with Crippen LogP contribution >= 0.6 is 7.26 Å². The van der Waals surface area contributed by atoms with Crippen molar-refractivity contribution in [2.45, 2.75) is 204 Å². The van der Waals surface area contributed by atoms with Gasteiger partial charge in [-0.1, -0.05) is 13.8 Å². The van der Waals surface area contributed by atoms with Crippen molar-refractivity contribution >= 4 is 7.26 Å². The van der Waals surface area contributed by atoms with Crippen LogP contribution in [0.25, 0.3) is 0 Å². The standard InChI is InChI=1S/C36H69O2P/c1-29-30(2)36(38)31(28-35(29)37)20-12-7-5-3-4-6-8-19-27-39(32-21-13-9-14-22-32,33-23-15-10-16-24-33)34-25-17-11-18-26-34/h29-39H,3-28H2,1-2H3. The molecule has 0 amide bonds. The summed E-state index contributed by atoms with van der Waals surface area (Å²) in [4.78, 5) is 0. The first-order valence-corrected chi connectivity index (χ1v) is 20.8. The van der Waals surface area contributed by atoms with Gasteiger partial charge in [-0.05, 0) is 11.8 Å². The third-order valence-electron chi connectivity index (χ3n) is 13.0. The molecule has 0 aromatic rings. The fourth-order valence-electron chi connectivity index (χ4n) is 10.5. The summed E-state index contributed by atoms with van der Waals surface area (Å²) < 4.78 is 0. The normalized spacial score (nSPS) is 32.9. The van der Waals surface area contributed by atoms with Crippen molar-refractivity contribution < 1.29 is 10.2 Å². The molecule has 39 heavy (non-hydrogen) atoms. The van der Waals surface area contributed by atoms with Gasteiger partial charge in [-0.25, -0.2) is 0 Å². The van der Waals surface area contributed by atoms with Crippen molar-refractivity contribution in [1.82, 2.24) is 0 Å². The van der Waals surface area contributed by atoms with Gasteiger partial charge in [0.1, 0.15) is 0 Å². The van der Waals surface area contributed by atoms with E-state index in [9.17, 15) is 10.2 Å². The minimum atomic E-state index is -1.25. The van der Waals surface area contributed by atoms with E-state index in [-0.39, 0.29) is 24.0 Å². The third kappa shape index (κ3) is 8.69. The second-order valence-corrected chi connectivity index (χ2v) is 20.4. The van der Waals surface area contributed by atoms with Crippen LogP contribution in [0.1, 0.15) is 174 Å². The zero-order valence-electron chi connectivity index (χ0n) is 26.4. The van der Waals surface area contributed by atoms with Gasteiger partial charge in [0, 0.05) is 0 Å². The van der Waals surface area contributed by atoms with Gasteiger partial charge < -0.3 is 10.2 Å². The number of rotatable bonds is 14. The Kier molecular flexibility index (Phi) is 13.9. The Morgan fingerprint density at radius 2 is 0.923 bits per heavy atom. The van der Waals surface area contributed by atoms with Crippen LogP contribution < -0.4 is 0 Å². The van der Waals surface area contributed by atoms with Gasteiger partial charge in [-0.3, -0.25) is 0 Å². The van der Waals surface area contributed by atoms with E-state index in [2.05, 4.69) is 13.8 Å². The van der Waals surface area contributed by atoms with Gasteiger partial charge >= 0.3 is 203 Å². The number of unbranched alkanes of at least 4 members (excludes halogenated alkanes) is 7. The summed E-state index contributed by atoms with van der Waals surface area (Å²) in [5, 5.41) is 21.0. The number of aliphatic hydroxyl groups excluding tert-OH is 2. The molecule has 0 spiro atoms. The van der Waals surface area contributed by atoms with Gasteiger partial charge in [-0.2, -0.15) is 0 Å². The maximum absolute atomic E-state index is 10.6. The molecular formula is C36H69O2P. The quantitative estimate of drug-likeness (QED) is 0.163. The molecule has 4 aliphatic carbocycles. The van der Waals surface area contributed by atoms with Crippen LogP contribution in [0.4, 0.5) is 0 Å². The number of hydrogen-bond acceptors (Lipinski definition) is 2. The van der Waals surface area contributed by atoms with Crippen LogP contribution in [0.3, 0.4) is 0 Å². The summed E-state index contributed by atoms with van der Waals surface area (Å²) in [5.74, 6) is 0.778. The molecule has 0 aromatic heterocycles. The summed E-state index contributed by atoms with van der Waals surface area (Å²) in [6, 6.07) is 0. The minimum absolute atomic E-state index is 0.213. The molecule has 4 saturated carbocycles. The molecule has 0 aliphatic heterocycles. The van der Waals surface area contributed by atoms with Crippen molar-refractivity contribution in [3.63, 3.8) is 0 Å². The molecule has 2 N–H and O–H groups in total. The van der Waals surface area contributed by atoms with E-state index in [0.717, 1.165) is 12.8 Å². The molecule has 4 rings (SSSR count). The van der Waals surface area contributed by atoms with E-state index in [0.29, 0.717) is 5.92 Å². The van der Waals surface area contributed by atoms with Crippen LogP contribution in [0, 0.1) is 17.8 Å². The van der Waals surface area contributed by atoms with Crippen molar-refractivity contribution in [2.75, 3.05) is 6.16 Å². The van der Waals surface area contributed by atoms with Gasteiger partial charge in [0.05, 0.1) is 6.10 Å². The van der Waals surface area contributed by atoms with Crippen LogP contribution in [-0.2, 0) is 0 Å². The Hall–Kier alpha value is 0.350. The third-order valence-corrected chi connectivity index (χ3v) is 20.5. The first-order valence-electron chi connectivity index (χ1n) is 18.4. The van der Waals surface area contributed by atoms with Crippen molar-refractivity contribution in [2.24, 2.45) is 17.8 Å². The van der Waals surface area contributed by atoms with Gasteiger partial charge in [0.2, 0.25) is 0 Å². The Morgan fingerprint density at radius 1 is 0.513 bits per heavy atom. The predicted molar refractivity (Wildman–Crippen MR) is 174 cm³/mol. The Labute approximate surface area is 244 Å². The van der Waals surface area contributed by atoms with E-state index in [4.69, 9.17) is 0 Å². The van der Waals surface area contributed by atoms with E-state index in [1.54, 1.807) is 89.6 Å². The predicted octanol–water partition coefficient (Wildman–Crippen LogP) is 10.3. The first-order chi connectivity index (χ1) is 19.0. The molecule has 230 valence electrons. The molecule has 3 heteroatoms. The molecule has 4 fully saturated rings. The van der Waals surface area contributed by atoms with Gasteiger partial charge in [-0.15, -0.1) is 0 Å². The summed E-state index contributed by atoms with van der Waals surface area (Å²) >= 11 is 0. The van der Waals surface area contributed by atoms with Gasteiger partial charge in [0.15, 0.2) is 0 Å². The molecule has 5 unspecified atom stereocenters. The van der Waals surface area contributed by atoms with Gasteiger partial charge in [0.25, 0.3) is 0 Å². The van der Waals surface area contributed by atoms with Crippen molar-refractivity contribution in [3.8, 4) is 0 Å². The molecule has 0 saturated heterocycles.